The van der Waals surface area contributed by atoms with Crippen LogP contribution < -0.4 is 0 Å². The van der Waals surface area contributed by atoms with Gasteiger partial charge >= 0.3 is 0 Å². The summed E-state index contributed by atoms with van der Waals surface area (Å²) in [7, 11) is 0. The average Bonchev–Trinajstić information content (AvgIpc) is 2.03. The Morgan fingerprint density at radius 1 is 1.64 bits per heavy atom. The number of rotatable bonds is 2. The van der Waals surface area contributed by atoms with Crippen LogP contribution in [-0.4, -0.2) is 16.3 Å². The van der Waals surface area contributed by atoms with Gasteiger partial charge in [-0.25, -0.2) is 4.98 Å². The molecular weight excluding hydrogens is 164 g/mol. The third-order valence-electron chi connectivity index (χ3n) is 1.29. The van der Waals surface area contributed by atoms with Gasteiger partial charge in [-0.3, -0.25) is 4.98 Å². The Bertz CT molecular complexity index is 264. The highest BCUT2D eigenvalue weighted by Gasteiger charge is 2.05. The normalized spacial score (nSPS) is 12.5. The van der Waals surface area contributed by atoms with E-state index in [1.54, 1.807) is 6.92 Å². The van der Waals surface area contributed by atoms with Crippen molar-refractivity contribution in [2.45, 2.75) is 12.8 Å². The minimum atomic E-state index is -0.235. The number of aldehydes is 1. The van der Waals surface area contributed by atoms with Gasteiger partial charge in [0.15, 0.2) is 0 Å². The summed E-state index contributed by atoms with van der Waals surface area (Å²) >= 11 is 5.56. The maximum absolute atomic E-state index is 10.3. The topological polar surface area (TPSA) is 42.9 Å². The predicted molar refractivity (Wildman–Crippen MR) is 41.5 cm³/mol. The molecule has 1 aromatic heterocycles. The average molecular weight is 171 g/mol. The zero-order valence-corrected chi connectivity index (χ0v) is 6.75. The summed E-state index contributed by atoms with van der Waals surface area (Å²) in [5, 5.41) is 0.316. The summed E-state index contributed by atoms with van der Waals surface area (Å²) in [6, 6.07) is 0. The molecule has 0 bridgehead atoms. The third-order valence-corrected chi connectivity index (χ3v) is 1.48. The van der Waals surface area contributed by atoms with Crippen molar-refractivity contribution in [3.63, 3.8) is 0 Å². The second kappa shape index (κ2) is 3.44. The van der Waals surface area contributed by atoms with Crippen LogP contribution in [0.4, 0.5) is 0 Å². The second-order valence-corrected chi connectivity index (χ2v) is 2.58. The molecule has 0 saturated heterocycles. The molecule has 0 aliphatic carbocycles. The highest BCUT2D eigenvalue weighted by atomic mass is 35.5. The van der Waals surface area contributed by atoms with E-state index in [0.717, 1.165) is 6.29 Å². The van der Waals surface area contributed by atoms with E-state index in [-0.39, 0.29) is 5.92 Å². The van der Waals surface area contributed by atoms with Crippen LogP contribution in [-0.2, 0) is 4.79 Å². The van der Waals surface area contributed by atoms with E-state index >= 15 is 0 Å². The molecule has 58 valence electrons. The standard InChI is InChI=1S/C7H7ClN2O/c1-5(4-11)6-2-9-3-7(8)10-6/h2-5H,1H3. The molecule has 0 saturated carbocycles. The zero-order valence-electron chi connectivity index (χ0n) is 5.99. The summed E-state index contributed by atoms with van der Waals surface area (Å²) in [5.74, 6) is -0.235. The van der Waals surface area contributed by atoms with Gasteiger partial charge in [0.05, 0.1) is 17.8 Å². The number of nitrogens with zero attached hydrogens (tertiary/aromatic N) is 2. The molecule has 0 radical (unpaired) electrons. The smallest absolute Gasteiger partial charge is 0.147 e. The Labute approximate surface area is 69.4 Å². The third kappa shape index (κ3) is 1.98. The van der Waals surface area contributed by atoms with Crippen molar-refractivity contribution >= 4 is 17.9 Å². The highest BCUT2D eigenvalue weighted by molar-refractivity contribution is 6.29. The van der Waals surface area contributed by atoms with Gasteiger partial charge in [-0.05, 0) is 0 Å². The van der Waals surface area contributed by atoms with E-state index in [4.69, 9.17) is 11.6 Å². The minimum Gasteiger partial charge on any atom is -0.303 e. The van der Waals surface area contributed by atoms with Crippen LogP contribution in [0.25, 0.3) is 0 Å². The molecule has 4 heteroatoms. The molecule has 3 nitrogen and oxygen atoms in total. The SMILES string of the molecule is CC(C=O)c1cncc(Cl)n1. The molecule has 1 atom stereocenters. The van der Waals surface area contributed by atoms with Crippen molar-refractivity contribution in [2.75, 3.05) is 0 Å². The molecule has 0 N–H and O–H groups in total. The predicted octanol–water partition coefficient (Wildman–Crippen LogP) is 1.43. The summed E-state index contributed by atoms with van der Waals surface area (Å²) in [5.41, 5.74) is 0.604. The molecule has 0 spiro atoms. The molecule has 0 aliphatic rings. The molecule has 0 aliphatic heterocycles. The number of aromatic nitrogens is 2. The lowest BCUT2D eigenvalue weighted by Gasteiger charge is -2.00. The Kier molecular flexibility index (Phi) is 2.54. The van der Waals surface area contributed by atoms with Crippen molar-refractivity contribution in [2.24, 2.45) is 0 Å². The van der Waals surface area contributed by atoms with Crippen LogP contribution in [0.15, 0.2) is 12.4 Å². The number of halogens is 1. The van der Waals surface area contributed by atoms with Crippen molar-refractivity contribution in [1.29, 1.82) is 0 Å². The molecular formula is C7H7ClN2O. The van der Waals surface area contributed by atoms with E-state index < -0.39 is 0 Å². The maximum Gasteiger partial charge on any atom is 0.147 e. The van der Waals surface area contributed by atoms with Gasteiger partial charge in [-0.2, -0.15) is 0 Å². The Hall–Kier alpha value is -0.960. The minimum absolute atomic E-state index is 0.235. The fraction of sp³-hybridized carbons (Fsp3) is 0.286. The van der Waals surface area contributed by atoms with Crippen molar-refractivity contribution < 1.29 is 4.79 Å². The van der Waals surface area contributed by atoms with Gasteiger partial charge in [-0.1, -0.05) is 18.5 Å². The molecule has 1 unspecified atom stereocenters. The van der Waals surface area contributed by atoms with Crippen molar-refractivity contribution in [3.8, 4) is 0 Å². The van der Waals surface area contributed by atoms with Crippen LogP contribution in [0.2, 0.25) is 5.15 Å². The van der Waals surface area contributed by atoms with E-state index in [0.29, 0.717) is 10.8 Å². The first-order valence-corrected chi connectivity index (χ1v) is 3.54. The molecule has 1 aromatic rings. The Morgan fingerprint density at radius 2 is 2.36 bits per heavy atom. The Morgan fingerprint density at radius 3 is 2.91 bits per heavy atom. The second-order valence-electron chi connectivity index (χ2n) is 2.19. The highest BCUT2D eigenvalue weighted by Crippen LogP contribution is 2.10. The lowest BCUT2D eigenvalue weighted by molar-refractivity contribution is -0.108. The van der Waals surface area contributed by atoms with E-state index in [9.17, 15) is 4.79 Å². The first-order chi connectivity index (χ1) is 5.24. The number of carbonyl (C=O) groups is 1. The van der Waals surface area contributed by atoms with E-state index in [1.165, 1.54) is 12.4 Å². The van der Waals surface area contributed by atoms with Gasteiger partial charge in [0, 0.05) is 6.20 Å². The van der Waals surface area contributed by atoms with Gasteiger partial charge in [0.25, 0.3) is 0 Å². The Balaban J connectivity index is 2.95. The van der Waals surface area contributed by atoms with Crippen molar-refractivity contribution in [3.05, 3.63) is 23.2 Å². The summed E-state index contributed by atoms with van der Waals surface area (Å²) in [6.07, 6.45) is 3.77. The van der Waals surface area contributed by atoms with Gasteiger partial charge in [0.1, 0.15) is 11.4 Å². The van der Waals surface area contributed by atoms with Gasteiger partial charge in [0.2, 0.25) is 0 Å². The van der Waals surface area contributed by atoms with Crippen LogP contribution >= 0.6 is 11.6 Å². The lowest BCUT2D eigenvalue weighted by Crippen LogP contribution is -1.98. The lowest BCUT2D eigenvalue weighted by atomic mass is 10.1. The largest absolute Gasteiger partial charge is 0.303 e. The van der Waals surface area contributed by atoms with E-state index in [1.807, 2.05) is 0 Å². The van der Waals surface area contributed by atoms with Crippen LogP contribution in [0.1, 0.15) is 18.5 Å². The van der Waals surface area contributed by atoms with E-state index in [2.05, 4.69) is 9.97 Å². The molecule has 11 heavy (non-hydrogen) atoms. The monoisotopic (exact) mass is 170 g/mol. The first-order valence-electron chi connectivity index (χ1n) is 3.17. The molecule has 0 amide bonds. The van der Waals surface area contributed by atoms with Gasteiger partial charge < -0.3 is 4.79 Å². The molecule has 1 rings (SSSR count). The number of hydrogen-bond donors (Lipinski definition) is 0. The van der Waals surface area contributed by atoms with Gasteiger partial charge in [-0.15, -0.1) is 0 Å². The maximum atomic E-state index is 10.3. The summed E-state index contributed by atoms with van der Waals surface area (Å²) in [6.45, 7) is 1.74. The fourth-order valence-electron chi connectivity index (χ4n) is 0.645. The number of hydrogen-bond acceptors (Lipinski definition) is 3. The summed E-state index contributed by atoms with van der Waals surface area (Å²) < 4.78 is 0. The first kappa shape index (κ1) is 8.14. The van der Waals surface area contributed by atoms with Crippen LogP contribution in [0, 0.1) is 0 Å². The quantitative estimate of drug-likeness (QED) is 0.631. The van der Waals surface area contributed by atoms with Crippen molar-refractivity contribution in [1.82, 2.24) is 9.97 Å². The molecule has 0 aromatic carbocycles. The fourth-order valence-corrected chi connectivity index (χ4v) is 0.799. The zero-order chi connectivity index (χ0) is 8.27. The molecule has 1 heterocycles. The molecule has 0 fully saturated rings. The van der Waals surface area contributed by atoms with Crippen LogP contribution in [0.3, 0.4) is 0 Å². The number of carbonyl (C=O) groups excluding carboxylic acids is 1. The summed E-state index contributed by atoms with van der Waals surface area (Å²) in [4.78, 5) is 18.0. The van der Waals surface area contributed by atoms with Crippen LogP contribution in [0.5, 0.6) is 0 Å².